The molecule has 1 saturated carbocycles. The van der Waals surface area contributed by atoms with E-state index >= 15 is 8.78 Å². The van der Waals surface area contributed by atoms with E-state index in [4.69, 9.17) is 25.6 Å². The Morgan fingerprint density at radius 3 is 2.70 bits per heavy atom. The molecule has 1 amide bonds. The Bertz CT molecular complexity index is 2180. The number of ether oxygens (including phenoxy) is 3. The summed E-state index contributed by atoms with van der Waals surface area (Å²) >= 11 is 0. The van der Waals surface area contributed by atoms with Crippen molar-refractivity contribution in [3.05, 3.63) is 65.9 Å². The fourth-order valence-corrected chi connectivity index (χ4v) is 8.28. The number of benzene rings is 2. The number of anilines is 1. The number of hydrogen-bond acceptors (Lipinski definition) is 10. The van der Waals surface area contributed by atoms with Crippen molar-refractivity contribution >= 4 is 33.3 Å². The van der Waals surface area contributed by atoms with Gasteiger partial charge in [-0.25, -0.2) is 13.8 Å². The second-order valence-electron chi connectivity index (χ2n) is 14.7. The Hall–Kier alpha value is -4.87. The molecule has 8 rings (SSSR count). The lowest BCUT2D eigenvalue weighted by atomic mass is 9.80. The molecular formula is C40H41F2N5O6. The fourth-order valence-electron chi connectivity index (χ4n) is 8.28. The van der Waals surface area contributed by atoms with Gasteiger partial charge in [0.05, 0.1) is 54.9 Å². The summed E-state index contributed by atoms with van der Waals surface area (Å²) in [7, 11) is 0. The number of phenols is 1. The monoisotopic (exact) mass is 725 g/mol. The van der Waals surface area contributed by atoms with E-state index in [1.54, 1.807) is 6.92 Å². The maximum atomic E-state index is 17.3. The minimum Gasteiger partial charge on any atom is -0.508 e. The van der Waals surface area contributed by atoms with Crippen LogP contribution in [-0.2, 0) is 19.9 Å². The number of carbonyl (C=O) groups is 1. The molecule has 4 aromatic rings. The molecule has 13 heteroatoms. The van der Waals surface area contributed by atoms with Gasteiger partial charge < -0.3 is 34.6 Å². The van der Waals surface area contributed by atoms with E-state index < -0.39 is 29.4 Å². The van der Waals surface area contributed by atoms with Gasteiger partial charge in [0, 0.05) is 67.1 Å². The zero-order valence-electron chi connectivity index (χ0n) is 29.5. The molecule has 3 N–H and O–H groups in total. The summed E-state index contributed by atoms with van der Waals surface area (Å²) in [5.41, 5.74) is -1.09. The first kappa shape index (κ1) is 35.2. The summed E-state index contributed by atoms with van der Waals surface area (Å²) < 4.78 is 50.5. The van der Waals surface area contributed by atoms with Crippen molar-refractivity contribution in [2.45, 2.75) is 43.9 Å². The smallest absolute Gasteiger partial charge is 0.243 e. The summed E-state index contributed by atoms with van der Waals surface area (Å²) in [6, 6.07) is 4.93. The lowest BCUT2D eigenvalue weighted by molar-refractivity contribution is -0.117. The number of nitrogens with one attached hydrogen (secondary N) is 1. The van der Waals surface area contributed by atoms with Gasteiger partial charge in [-0.2, -0.15) is 0 Å². The van der Waals surface area contributed by atoms with Gasteiger partial charge in [-0.1, -0.05) is 18.6 Å². The number of phenolic OH excluding ortho intramolecular Hbond substituents is 1. The molecule has 2 aromatic carbocycles. The van der Waals surface area contributed by atoms with E-state index in [0.29, 0.717) is 41.8 Å². The molecule has 11 nitrogen and oxygen atoms in total. The van der Waals surface area contributed by atoms with Crippen LogP contribution in [0.25, 0.3) is 32.9 Å². The second-order valence-corrected chi connectivity index (χ2v) is 14.7. The molecule has 4 aliphatic rings. The number of aliphatic hydroxyl groups is 1. The molecule has 1 aliphatic carbocycles. The van der Waals surface area contributed by atoms with Crippen molar-refractivity contribution in [2.24, 2.45) is 5.41 Å². The Morgan fingerprint density at radius 2 is 1.96 bits per heavy atom. The topological polar surface area (TPSA) is 130 Å². The number of amides is 1. The number of fused-ring (bicyclic) bond motifs is 3. The Labute approximate surface area is 305 Å². The summed E-state index contributed by atoms with van der Waals surface area (Å²) in [6.45, 7) is 10.1. The Morgan fingerprint density at radius 1 is 1.19 bits per heavy atom. The van der Waals surface area contributed by atoms with Gasteiger partial charge in [-0.3, -0.25) is 14.7 Å². The van der Waals surface area contributed by atoms with Crippen molar-refractivity contribution in [3.8, 4) is 35.2 Å². The van der Waals surface area contributed by atoms with Crippen LogP contribution in [0.3, 0.4) is 0 Å². The highest BCUT2D eigenvalue weighted by molar-refractivity contribution is 6.03. The number of aromatic nitrogens is 2. The molecule has 2 saturated heterocycles. The average Bonchev–Trinajstić information content (AvgIpc) is 3.96. The zero-order valence-corrected chi connectivity index (χ0v) is 29.5. The number of rotatable bonds is 7. The fraction of sp³-hybridized carbons (Fsp3) is 0.425. The van der Waals surface area contributed by atoms with Crippen LogP contribution in [0.2, 0.25) is 0 Å². The van der Waals surface area contributed by atoms with E-state index in [-0.39, 0.29) is 76.9 Å². The van der Waals surface area contributed by atoms with E-state index in [9.17, 15) is 15.0 Å². The Kier molecular flexibility index (Phi) is 8.97. The number of halogens is 2. The van der Waals surface area contributed by atoms with Gasteiger partial charge in [0.15, 0.2) is 5.82 Å². The molecule has 0 spiro atoms. The number of morpholine rings is 1. The van der Waals surface area contributed by atoms with Gasteiger partial charge >= 0.3 is 0 Å². The van der Waals surface area contributed by atoms with Crippen molar-refractivity contribution in [1.82, 2.24) is 20.2 Å². The number of nitrogens with zero attached hydrogens (tertiary/aromatic N) is 4. The van der Waals surface area contributed by atoms with E-state index in [0.717, 1.165) is 32.5 Å². The molecule has 0 bridgehead atoms. The van der Waals surface area contributed by atoms with Crippen LogP contribution in [0.4, 0.5) is 14.5 Å². The van der Waals surface area contributed by atoms with Crippen molar-refractivity contribution in [2.75, 3.05) is 64.1 Å². The van der Waals surface area contributed by atoms with E-state index in [2.05, 4.69) is 27.7 Å². The van der Waals surface area contributed by atoms with Gasteiger partial charge in [0.2, 0.25) is 11.8 Å². The SMILES string of the molecule is C#Cc1c(F)ccc2cc(O)cc(-c3ncc4c(N5CCOC[C@H](NC(=O)C=C)C5)c5c(nc4c3F)O[C@@H](C3(CN4CCOCC4)CC3)C[C@@]5(C)O)c12. The third-order valence-corrected chi connectivity index (χ3v) is 11.1. The van der Waals surface area contributed by atoms with E-state index in [1.807, 2.05) is 4.90 Å². The maximum Gasteiger partial charge on any atom is 0.243 e. The van der Waals surface area contributed by atoms with Crippen LogP contribution in [0.1, 0.15) is 37.3 Å². The highest BCUT2D eigenvalue weighted by Crippen LogP contribution is 2.57. The molecule has 276 valence electrons. The Balaban J connectivity index is 1.32. The summed E-state index contributed by atoms with van der Waals surface area (Å²) in [5.74, 6) is 0.416. The summed E-state index contributed by atoms with van der Waals surface area (Å²) in [5, 5.41) is 26.9. The van der Waals surface area contributed by atoms with Crippen molar-refractivity contribution in [1.29, 1.82) is 0 Å². The highest BCUT2D eigenvalue weighted by Gasteiger charge is 2.56. The third kappa shape index (κ3) is 6.33. The zero-order chi connectivity index (χ0) is 37.1. The lowest BCUT2D eigenvalue weighted by Gasteiger charge is -2.43. The number of pyridine rings is 2. The molecule has 3 aliphatic heterocycles. The summed E-state index contributed by atoms with van der Waals surface area (Å²) in [6.07, 6.45) is 10.1. The molecule has 3 fully saturated rings. The van der Waals surface area contributed by atoms with Crippen LogP contribution in [-0.4, -0.2) is 102 Å². The maximum absolute atomic E-state index is 17.3. The van der Waals surface area contributed by atoms with Crippen LogP contribution in [0.5, 0.6) is 11.6 Å². The van der Waals surface area contributed by atoms with Crippen LogP contribution in [0.15, 0.2) is 43.1 Å². The van der Waals surface area contributed by atoms with Crippen LogP contribution >= 0.6 is 0 Å². The predicted octanol–water partition coefficient (Wildman–Crippen LogP) is 4.39. The van der Waals surface area contributed by atoms with Crippen LogP contribution in [0, 0.1) is 29.4 Å². The number of aromatic hydroxyl groups is 1. The minimum atomic E-state index is -1.45. The first-order chi connectivity index (χ1) is 25.5. The third-order valence-electron chi connectivity index (χ3n) is 11.1. The number of hydrogen-bond donors (Lipinski definition) is 3. The first-order valence-electron chi connectivity index (χ1n) is 17.9. The number of carbonyl (C=O) groups excluding carboxylic acids is 1. The largest absolute Gasteiger partial charge is 0.508 e. The molecule has 53 heavy (non-hydrogen) atoms. The molecule has 2 aromatic heterocycles. The second kappa shape index (κ2) is 13.5. The lowest BCUT2D eigenvalue weighted by Crippen LogP contribution is -2.49. The summed E-state index contributed by atoms with van der Waals surface area (Å²) in [4.78, 5) is 26.0. The predicted molar refractivity (Wildman–Crippen MR) is 195 cm³/mol. The van der Waals surface area contributed by atoms with E-state index in [1.165, 1.54) is 36.5 Å². The average molecular weight is 726 g/mol. The molecule has 0 unspecified atom stereocenters. The molecule has 0 radical (unpaired) electrons. The minimum absolute atomic E-state index is 0.0905. The van der Waals surface area contributed by atoms with Gasteiger partial charge in [0.1, 0.15) is 28.9 Å². The van der Waals surface area contributed by atoms with Gasteiger partial charge in [-0.05, 0) is 49.4 Å². The molecule has 3 atom stereocenters. The van der Waals surface area contributed by atoms with Crippen LogP contribution < -0.4 is 15.0 Å². The normalized spacial score (nSPS) is 24.2. The first-order valence-corrected chi connectivity index (χ1v) is 17.9. The van der Waals surface area contributed by atoms with Crippen molar-refractivity contribution in [3.63, 3.8) is 0 Å². The van der Waals surface area contributed by atoms with Gasteiger partial charge in [-0.15, -0.1) is 6.42 Å². The standard InChI is InChI=1S/C40H41F2N5O6/c1-4-26-29(41)7-6-23-16-25(48)17-27(32(23)26)35-34(42)36-28(19-43-35)37(47-12-15-52-21-24(20-47)44-31(49)5-2)33-38(45-36)53-30(18-39(33,3)50)40(8-9-40)22-46-10-13-51-14-11-46/h1,5-7,16-17,19,24,30,48,50H,2,8-15,18,20-22H2,3H3,(H,44,49)/t24-,30-,39-/m1/s1. The highest BCUT2D eigenvalue weighted by atomic mass is 19.1. The van der Waals surface area contributed by atoms with Gasteiger partial charge in [0.25, 0.3) is 0 Å². The molecular weight excluding hydrogens is 684 g/mol. The quantitative estimate of drug-likeness (QED) is 0.186. The molecule has 5 heterocycles. The number of terminal acetylenes is 1. The van der Waals surface area contributed by atoms with Crippen molar-refractivity contribution < 1.29 is 38.0 Å².